The Morgan fingerprint density at radius 1 is 0.653 bits per heavy atom. The van der Waals surface area contributed by atoms with Crippen LogP contribution in [0.4, 0.5) is 0 Å². The molecule has 22 heteroatoms. The molecule has 8 fully saturated rings. The fraction of sp³-hybridized carbons (Fsp3) is 0.960. The van der Waals surface area contributed by atoms with E-state index in [1.807, 2.05) is 6.92 Å². The monoisotopic (exact) mass is 1030 g/mol. The molecule has 0 amide bonds. The molecule has 13 N–H and O–H groups in total. The fourth-order valence-corrected chi connectivity index (χ4v) is 14.8. The molecule has 0 radical (unpaired) electrons. The Hall–Kier alpha value is -1.14. The van der Waals surface area contributed by atoms with Gasteiger partial charge in [-0.3, -0.25) is 0 Å². The highest BCUT2D eigenvalue weighted by molar-refractivity contribution is 5.26. The second-order valence-corrected chi connectivity index (χ2v) is 23.3. The summed E-state index contributed by atoms with van der Waals surface area (Å²) in [5, 5.41) is 138. The van der Waals surface area contributed by atoms with Crippen LogP contribution in [0.5, 0.6) is 0 Å². The number of aliphatic hydroxyl groups excluding tert-OH is 12. The van der Waals surface area contributed by atoms with Crippen LogP contribution in [0.25, 0.3) is 0 Å². The van der Waals surface area contributed by atoms with Gasteiger partial charge >= 0.3 is 0 Å². The minimum atomic E-state index is -1.74. The van der Waals surface area contributed by atoms with Crippen LogP contribution in [0, 0.1) is 46.3 Å². The molecule has 0 spiro atoms. The van der Waals surface area contributed by atoms with Crippen molar-refractivity contribution in [3.8, 4) is 0 Å². The molecular weight excluding hydrogens is 953 g/mol. The zero-order valence-electron chi connectivity index (χ0n) is 41.8. The average molecular weight is 1040 g/mol. The van der Waals surface area contributed by atoms with Crippen molar-refractivity contribution < 1.29 is 109 Å². The number of rotatable bonds is 15. The first-order valence-electron chi connectivity index (χ1n) is 26.3. The lowest BCUT2D eigenvalue weighted by Gasteiger charge is -2.58. The lowest BCUT2D eigenvalue weighted by molar-refractivity contribution is -0.380. The number of allylic oxidation sites excluding steroid dienone is 1. The molecule has 3 saturated carbocycles. The highest BCUT2D eigenvalue weighted by Crippen LogP contribution is 2.70. The van der Waals surface area contributed by atoms with E-state index in [0.717, 1.165) is 32.1 Å². The molecule has 9 aliphatic rings. The number of ether oxygens (including phenoxy) is 9. The summed E-state index contributed by atoms with van der Waals surface area (Å²) in [5.41, 5.74) is 1.07. The van der Waals surface area contributed by atoms with Crippen molar-refractivity contribution in [3.05, 3.63) is 11.6 Å². The fourth-order valence-electron chi connectivity index (χ4n) is 14.8. The van der Waals surface area contributed by atoms with Crippen molar-refractivity contribution in [1.29, 1.82) is 0 Å². The maximum Gasteiger partial charge on any atom is 0.187 e. The third-order valence-corrected chi connectivity index (χ3v) is 19.2. The SMILES string of the molecule is C[C@H](CC[C@@]1(O)O[C@@H]2C[C@@H]3[C@@H]4CC=C5C[C@@H](O[C@@H]6O[C@H](CO)[C@@H](O[C@@H]7O[C@@H](CO)[C@@H](O)[C@H]7O)[C@H](O)[C@H]6O[C@@H]6O[C@@H](C)[C@H](O)[C@@H](O)[C@H]6O)CC[C@]5(C)[C@@H]4CC[C@]3(C)[C@@H]2[C@@H]1C)CO[C@@H]1O[C@H](CO)[C@@H](O)[C@H](O)[C@H]1O. The van der Waals surface area contributed by atoms with Crippen molar-refractivity contribution in [2.45, 2.75) is 227 Å². The first-order chi connectivity index (χ1) is 34.1. The number of aliphatic hydroxyl groups is 13. The van der Waals surface area contributed by atoms with E-state index in [-0.39, 0.29) is 41.3 Å². The molecule has 72 heavy (non-hydrogen) atoms. The number of hydrogen-bond donors (Lipinski definition) is 13. The maximum atomic E-state index is 12.1. The standard InChI is InChI=1S/C50H82O22/c1-20(19-64-44-39(60)37(58)34(55)29(16-51)67-44)8-13-50(63)21(2)32-28(72-50)15-27-25-7-6-23-14-24(9-11-48(23,4)26(25)10-12-49(27,32)5)66-47-43(71-45-40(61)36(57)33(54)22(3)65-45)41(62)42(31(18-53)69-47)70-46-38(59)35(56)30(17-52)68-46/h6,20-22,24-47,51-63H,7-19H2,1-5H3/t20-,21+,22+,24+,25-,26-,27-,28-,29-,30+,31-,32-,33+,34-,35-,36-,37+,38-,39-,40-,41+,42-,43-,44-,45+,46+,47-,48+,49+,50-/m1/s1. The Morgan fingerprint density at radius 3 is 1.94 bits per heavy atom. The predicted octanol–water partition coefficient (Wildman–Crippen LogP) is -2.37. The Balaban J connectivity index is 0.843. The maximum absolute atomic E-state index is 12.1. The van der Waals surface area contributed by atoms with Gasteiger partial charge in [-0.1, -0.05) is 39.3 Å². The van der Waals surface area contributed by atoms with Gasteiger partial charge in [-0.25, -0.2) is 0 Å². The van der Waals surface area contributed by atoms with Gasteiger partial charge in [0.05, 0.1) is 44.7 Å². The number of hydrogen-bond acceptors (Lipinski definition) is 22. The topological polar surface area (TPSA) is 346 Å². The summed E-state index contributed by atoms with van der Waals surface area (Å²) in [5.74, 6) is -0.222. The molecular formula is C50H82O22. The molecule has 0 bridgehead atoms. The Bertz CT molecular complexity index is 1860. The van der Waals surface area contributed by atoms with Gasteiger partial charge in [-0.2, -0.15) is 0 Å². The van der Waals surface area contributed by atoms with Gasteiger partial charge in [0.1, 0.15) is 85.5 Å². The molecule has 4 aliphatic carbocycles. The quantitative estimate of drug-likeness (QED) is 0.0763. The smallest absolute Gasteiger partial charge is 0.187 e. The Morgan fingerprint density at radius 2 is 1.25 bits per heavy atom. The van der Waals surface area contributed by atoms with Gasteiger partial charge in [-0.15, -0.1) is 0 Å². The van der Waals surface area contributed by atoms with Crippen molar-refractivity contribution >= 4 is 0 Å². The second kappa shape index (κ2) is 21.6. The van der Waals surface area contributed by atoms with E-state index >= 15 is 0 Å². The molecule has 0 aromatic rings. The summed E-state index contributed by atoms with van der Waals surface area (Å²) in [4.78, 5) is 0. The Kier molecular flexibility index (Phi) is 16.7. The average Bonchev–Trinajstić information content (AvgIpc) is 3.91. The molecule has 0 unspecified atom stereocenters. The molecule has 5 heterocycles. The molecule has 414 valence electrons. The molecule has 5 aliphatic heterocycles. The largest absolute Gasteiger partial charge is 0.394 e. The van der Waals surface area contributed by atoms with Gasteiger partial charge in [0.15, 0.2) is 30.9 Å². The van der Waals surface area contributed by atoms with E-state index in [2.05, 4.69) is 26.8 Å². The molecule has 0 aromatic heterocycles. The second-order valence-electron chi connectivity index (χ2n) is 23.3. The van der Waals surface area contributed by atoms with Gasteiger partial charge in [0.25, 0.3) is 0 Å². The first kappa shape index (κ1) is 55.6. The zero-order valence-corrected chi connectivity index (χ0v) is 41.8. The number of fused-ring (bicyclic) bond motifs is 7. The molecule has 22 nitrogen and oxygen atoms in total. The van der Waals surface area contributed by atoms with Gasteiger partial charge in [-0.05, 0) is 98.7 Å². The minimum absolute atomic E-state index is 0.0571. The van der Waals surface area contributed by atoms with Gasteiger partial charge in [0, 0.05) is 12.3 Å². The molecule has 30 atom stereocenters. The summed E-state index contributed by atoms with van der Waals surface area (Å²) < 4.78 is 54.3. The van der Waals surface area contributed by atoms with E-state index in [0.29, 0.717) is 43.4 Å². The lowest BCUT2D eigenvalue weighted by atomic mass is 9.47. The third-order valence-electron chi connectivity index (χ3n) is 19.2. The molecule has 0 aromatic carbocycles. The van der Waals surface area contributed by atoms with Crippen molar-refractivity contribution in [1.82, 2.24) is 0 Å². The normalized spacial score (nSPS) is 54.9. The van der Waals surface area contributed by atoms with E-state index in [9.17, 15) is 66.4 Å². The lowest BCUT2D eigenvalue weighted by Crippen LogP contribution is -2.65. The highest BCUT2D eigenvalue weighted by atomic mass is 16.8. The van der Waals surface area contributed by atoms with Gasteiger partial charge in [0.2, 0.25) is 0 Å². The van der Waals surface area contributed by atoms with Crippen LogP contribution in [0.15, 0.2) is 11.6 Å². The summed E-state index contributed by atoms with van der Waals surface area (Å²) >= 11 is 0. The summed E-state index contributed by atoms with van der Waals surface area (Å²) in [6, 6.07) is 0. The summed E-state index contributed by atoms with van der Waals surface area (Å²) in [6.07, 6.45) is -18.8. The van der Waals surface area contributed by atoms with Crippen molar-refractivity contribution in [3.63, 3.8) is 0 Å². The van der Waals surface area contributed by atoms with Crippen LogP contribution >= 0.6 is 0 Å². The van der Waals surface area contributed by atoms with Crippen molar-refractivity contribution in [2.24, 2.45) is 46.3 Å². The van der Waals surface area contributed by atoms with Crippen LogP contribution in [-0.4, -0.2) is 228 Å². The van der Waals surface area contributed by atoms with E-state index in [1.54, 1.807) is 0 Å². The Labute approximate surface area is 419 Å². The minimum Gasteiger partial charge on any atom is -0.394 e. The zero-order chi connectivity index (χ0) is 51.9. The van der Waals surface area contributed by atoms with Gasteiger partial charge < -0.3 is 109 Å². The van der Waals surface area contributed by atoms with Crippen LogP contribution in [0.1, 0.15) is 92.4 Å². The van der Waals surface area contributed by atoms with E-state index in [4.69, 9.17) is 42.6 Å². The van der Waals surface area contributed by atoms with Crippen LogP contribution in [0.3, 0.4) is 0 Å². The summed E-state index contributed by atoms with van der Waals surface area (Å²) in [6.45, 7) is 8.58. The van der Waals surface area contributed by atoms with Crippen LogP contribution in [0.2, 0.25) is 0 Å². The van der Waals surface area contributed by atoms with Crippen LogP contribution in [-0.2, 0) is 42.6 Å². The van der Waals surface area contributed by atoms with E-state index < -0.39 is 148 Å². The van der Waals surface area contributed by atoms with Crippen molar-refractivity contribution in [2.75, 3.05) is 26.4 Å². The summed E-state index contributed by atoms with van der Waals surface area (Å²) in [7, 11) is 0. The predicted molar refractivity (Wildman–Crippen MR) is 244 cm³/mol. The highest BCUT2D eigenvalue weighted by Gasteiger charge is 2.68. The third kappa shape index (κ3) is 9.80. The first-order valence-corrected chi connectivity index (χ1v) is 26.3. The van der Waals surface area contributed by atoms with Crippen LogP contribution < -0.4 is 0 Å². The molecule has 5 saturated heterocycles. The molecule has 9 rings (SSSR count). The van der Waals surface area contributed by atoms with E-state index in [1.165, 1.54) is 12.5 Å².